The van der Waals surface area contributed by atoms with Gasteiger partial charge < -0.3 is 25.7 Å². The van der Waals surface area contributed by atoms with Crippen molar-refractivity contribution in [3.63, 3.8) is 0 Å². The van der Waals surface area contributed by atoms with E-state index in [0.717, 1.165) is 17.7 Å². The Bertz CT molecular complexity index is 1110. The minimum atomic E-state index is -0.570. The molecule has 0 unspecified atom stereocenters. The van der Waals surface area contributed by atoms with Crippen LogP contribution in [0, 0.1) is 16.6 Å². The average molecular weight is 451 g/mol. The van der Waals surface area contributed by atoms with E-state index in [2.05, 4.69) is 0 Å². The Labute approximate surface area is 192 Å². The molecule has 0 atom stereocenters. The lowest BCUT2D eigenvalue weighted by Gasteiger charge is -2.38. The smallest absolute Gasteiger partial charge is 0.253 e. The molecule has 33 heavy (non-hydrogen) atoms. The van der Waals surface area contributed by atoms with Gasteiger partial charge in [-0.3, -0.25) is 9.59 Å². The number of anilines is 1. The van der Waals surface area contributed by atoms with E-state index in [9.17, 15) is 14.0 Å². The van der Waals surface area contributed by atoms with E-state index in [1.54, 1.807) is 15.9 Å². The van der Waals surface area contributed by atoms with Gasteiger partial charge >= 0.3 is 0 Å². The molecule has 3 N–H and O–H groups in total. The monoisotopic (exact) mass is 450 g/mol. The van der Waals surface area contributed by atoms with Crippen LogP contribution < -0.4 is 15.4 Å². The number of allylic oxidation sites excluding steroid dienone is 1. The largest absolute Gasteiger partial charge is 0.494 e. The number of nitrogens with two attached hydrogens (primary N) is 1. The molecule has 1 spiro atoms. The second kappa shape index (κ2) is 9.05. The van der Waals surface area contributed by atoms with E-state index in [4.69, 9.17) is 15.9 Å². The molecule has 0 saturated carbocycles. The van der Waals surface area contributed by atoms with Crippen LogP contribution in [0.5, 0.6) is 5.75 Å². The van der Waals surface area contributed by atoms with Gasteiger partial charge in [0.15, 0.2) is 11.6 Å². The Kier molecular flexibility index (Phi) is 6.18. The van der Waals surface area contributed by atoms with E-state index in [1.807, 2.05) is 24.3 Å². The Morgan fingerprint density at radius 3 is 2.30 bits per heavy atom. The molecule has 172 valence electrons. The first-order chi connectivity index (χ1) is 15.9. The van der Waals surface area contributed by atoms with Crippen LogP contribution in [0.25, 0.3) is 5.57 Å². The lowest BCUT2D eigenvalue weighted by Crippen LogP contribution is -2.46. The third kappa shape index (κ3) is 4.08. The summed E-state index contributed by atoms with van der Waals surface area (Å²) in [6, 6.07) is 11.7. The van der Waals surface area contributed by atoms with Crippen molar-refractivity contribution in [2.75, 3.05) is 31.6 Å². The second-order valence-electron chi connectivity index (χ2n) is 8.44. The van der Waals surface area contributed by atoms with Crippen molar-refractivity contribution in [1.82, 2.24) is 4.90 Å². The molecule has 2 aliphatic heterocycles. The summed E-state index contributed by atoms with van der Waals surface area (Å²) in [5.74, 6) is -0.625. The van der Waals surface area contributed by atoms with Gasteiger partial charge in [0, 0.05) is 48.9 Å². The number of carbonyl (C=O) groups is 2. The van der Waals surface area contributed by atoms with Crippen LogP contribution in [0.15, 0.2) is 48.7 Å². The van der Waals surface area contributed by atoms with Crippen LogP contribution >= 0.6 is 0 Å². The summed E-state index contributed by atoms with van der Waals surface area (Å²) in [6.45, 7) is 1.53. The zero-order chi connectivity index (χ0) is 23.6. The van der Waals surface area contributed by atoms with Crippen LogP contribution in [0.4, 0.5) is 10.1 Å². The van der Waals surface area contributed by atoms with Crippen molar-refractivity contribution in [3.05, 3.63) is 65.6 Å². The summed E-state index contributed by atoms with van der Waals surface area (Å²) in [4.78, 5) is 29.7. The van der Waals surface area contributed by atoms with Gasteiger partial charge in [-0.1, -0.05) is 12.1 Å². The number of hydrogen-bond donors (Lipinski definition) is 2. The van der Waals surface area contributed by atoms with Gasteiger partial charge in [0.2, 0.25) is 5.91 Å². The average Bonchev–Trinajstić information content (AvgIpc) is 3.15. The summed E-state index contributed by atoms with van der Waals surface area (Å²) in [5, 5.41) is 7.42. The summed E-state index contributed by atoms with van der Waals surface area (Å²) < 4.78 is 18.9. The molecule has 0 aliphatic carbocycles. The maximum atomic E-state index is 14.0. The van der Waals surface area contributed by atoms with Gasteiger partial charge in [0.1, 0.15) is 0 Å². The number of amides is 2. The van der Waals surface area contributed by atoms with Crippen LogP contribution in [-0.4, -0.2) is 49.7 Å². The fourth-order valence-electron chi connectivity index (χ4n) is 4.71. The molecule has 2 aromatic carbocycles. The highest BCUT2D eigenvalue weighted by atomic mass is 19.1. The number of rotatable bonds is 5. The molecule has 4 rings (SSSR count). The molecule has 8 heteroatoms. The molecule has 0 bridgehead atoms. The SMILES string of the molecule is COc1ccc(C(=O)N2CCC3(CC2)CCN(c2ccc(/C(C=N)=C/N)cc2)C3=O)cc1F. The molecule has 2 fully saturated rings. The van der Waals surface area contributed by atoms with Gasteiger partial charge in [0.25, 0.3) is 5.91 Å². The number of hydrogen-bond acceptors (Lipinski definition) is 5. The van der Waals surface area contributed by atoms with Crippen molar-refractivity contribution >= 4 is 29.3 Å². The lowest BCUT2D eigenvalue weighted by molar-refractivity contribution is -0.127. The first-order valence-electron chi connectivity index (χ1n) is 10.9. The standard InChI is InChI=1S/C25H27FN4O3/c1-33-22-7-4-18(14-21(22)26)23(31)29-11-8-25(9-12-29)10-13-30(24(25)32)20-5-2-17(3-6-20)19(15-27)16-28/h2-7,14-16,27H,8-13,28H2,1H3/b19-16+,27-15?. The van der Waals surface area contributed by atoms with Gasteiger partial charge in [-0.2, -0.15) is 0 Å². The van der Waals surface area contributed by atoms with E-state index in [-0.39, 0.29) is 23.1 Å². The van der Waals surface area contributed by atoms with Crippen LogP contribution in [0.2, 0.25) is 0 Å². The third-order valence-corrected chi connectivity index (χ3v) is 6.77. The fourth-order valence-corrected chi connectivity index (χ4v) is 4.71. The highest BCUT2D eigenvalue weighted by Gasteiger charge is 2.49. The minimum Gasteiger partial charge on any atom is -0.494 e. The highest BCUT2D eigenvalue weighted by Crippen LogP contribution is 2.43. The Balaban J connectivity index is 1.42. The number of methoxy groups -OCH3 is 1. The zero-order valence-corrected chi connectivity index (χ0v) is 18.5. The number of piperidine rings is 1. The molecule has 2 aromatic rings. The second-order valence-corrected chi connectivity index (χ2v) is 8.44. The maximum absolute atomic E-state index is 14.0. The first kappa shape index (κ1) is 22.5. The predicted octanol–water partition coefficient (Wildman–Crippen LogP) is 3.44. The Morgan fingerprint density at radius 1 is 1.09 bits per heavy atom. The van der Waals surface area contributed by atoms with Crippen molar-refractivity contribution in [3.8, 4) is 5.75 Å². The quantitative estimate of drug-likeness (QED) is 0.682. The van der Waals surface area contributed by atoms with Crippen LogP contribution in [0.1, 0.15) is 35.2 Å². The summed E-state index contributed by atoms with van der Waals surface area (Å²) in [6.07, 6.45) is 4.48. The minimum absolute atomic E-state index is 0.0829. The molecule has 2 amide bonds. The van der Waals surface area contributed by atoms with E-state index < -0.39 is 11.2 Å². The normalized spacial score (nSPS) is 18.0. The Morgan fingerprint density at radius 2 is 1.73 bits per heavy atom. The van der Waals surface area contributed by atoms with Gasteiger partial charge in [-0.25, -0.2) is 4.39 Å². The molecule has 7 nitrogen and oxygen atoms in total. The summed E-state index contributed by atoms with van der Waals surface area (Å²) in [5.41, 5.74) is 7.60. The van der Waals surface area contributed by atoms with Crippen LogP contribution in [-0.2, 0) is 4.79 Å². The van der Waals surface area contributed by atoms with Crippen molar-refractivity contribution in [2.24, 2.45) is 11.1 Å². The number of benzene rings is 2. The number of ether oxygens (including phenoxy) is 1. The maximum Gasteiger partial charge on any atom is 0.253 e. The van der Waals surface area contributed by atoms with Crippen molar-refractivity contribution in [1.29, 1.82) is 5.41 Å². The van der Waals surface area contributed by atoms with E-state index in [0.29, 0.717) is 38.0 Å². The molecular formula is C25H27FN4O3. The molecule has 0 radical (unpaired) electrons. The number of nitrogens with zero attached hydrogens (tertiary/aromatic N) is 2. The van der Waals surface area contributed by atoms with Gasteiger partial charge in [-0.15, -0.1) is 0 Å². The molecule has 2 aliphatic rings. The number of likely N-dealkylation sites (tertiary alicyclic amines) is 1. The highest BCUT2D eigenvalue weighted by molar-refractivity contribution is 6.08. The lowest BCUT2D eigenvalue weighted by atomic mass is 9.77. The summed E-state index contributed by atoms with van der Waals surface area (Å²) in [7, 11) is 1.38. The molecule has 2 saturated heterocycles. The number of halogens is 1. The summed E-state index contributed by atoms with van der Waals surface area (Å²) >= 11 is 0. The number of nitrogens with one attached hydrogen (secondary N) is 1. The van der Waals surface area contributed by atoms with Gasteiger partial charge in [-0.05, 0) is 55.2 Å². The molecule has 0 aromatic heterocycles. The topological polar surface area (TPSA) is 99.7 Å². The van der Waals surface area contributed by atoms with Crippen LogP contribution in [0.3, 0.4) is 0 Å². The first-order valence-corrected chi connectivity index (χ1v) is 10.9. The molecular weight excluding hydrogens is 423 g/mol. The van der Waals surface area contributed by atoms with Crippen molar-refractivity contribution < 1.29 is 18.7 Å². The molecule has 2 heterocycles. The van der Waals surface area contributed by atoms with E-state index >= 15 is 0 Å². The van der Waals surface area contributed by atoms with Crippen molar-refractivity contribution in [2.45, 2.75) is 19.3 Å². The fraction of sp³-hybridized carbons (Fsp3) is 0.320. The predicted molar refractivity (Wildman–Crippen MR) is 125 cm³/mol. The third-order valence-electron chi connectivity index (χ3n) is 6.77. The van der Waals surface area contributed by atoms with E-state index in [1.165, 1.54) is 31.7 Å². The number of carbonyl (C=O) groups excluding carboxylic acids is 2. The Hall–Kier alpha value is -3.68. The van der Waals surface area contributed by atoms with Gasteiger partial charge in [0.05, 0.1) is 12.5 Å². The zero-order valence-electron chi connectivity index (χ0n) is 18.5.